The number of aromatic nitrogens is 3. The Morgan fingerprint density at radius 2 is 1.83 bits per heavy atom. The molecule has 3 aromatic rings. The van der Waals surface area contributed by atoms with Crippen molar-refractivity contribution in [3.63, 3.8) is 0 Å². The number of amides is 2. The summed E-state index contributed by atoms with van der Waals surface area (Å²) < 4.78 is 15.5. The highest BCUT2D eigenvalue weighted by Gasteiger charge is 2.20. The molecule has 2 aromatic carbocycles. The van der Waals surface area contributed by atoms with Crippen LogP contribution in [0.3, 0.4) is 0 Å². The van der Waals surface area contributed by atoms with Gasteiger partial charge in [-0.05, 0) is 38.1 Å². The molecule has 1 aromatic heterocycles. The van der Waals surface area contributed by atoms with Gasteiger partial charge in [-0.15, -0.1) is 10.2 Å². The van der Waals surface area contributed by atoms with Gasteiger partial charge in [0.15, 0.2) is 11.0 Å². The van der Waals surface area contributed by atoms with Crippen molar-refractivity contribution in [2.45, 2.75) is 25.0 Å². The van der Waals surface area contributed by atoms with Crippen LogP contribution in [0.5, 0.6) is 0 Å². The quantitative estimate of drug-likeness (QED) is 0.564. The molecular formula is C21H22FN5O2S. The second-order valence-corrected chi connectivity index (χ2v) is 7.72. The van der Waals surface area contributed by atoms with Gasteiger partial charge in [0.05, 0.1) is 17.4 Å². The highest BCUT2D eigenvalue weighted by atomic mass is 32.2. The van der Waals surface area contributed by atoms with Gasteiger partial charge in [-0.1, -0.05) is 41.6 Å². The van der Waals surface area contributed by atoms with Crippen molar-refractivity contribution in [2.75, 3.05) is 11.1 Å². The highest BCUT2D eigenvalue weighted by Crippen LogP contribution is 2.20. The number of anilines is 1. The fourth-order valence-corrected chi connectivity index (χ4v) is 3.50. The Morgan fingerprint density at radius 3 is 2.53 bits per heavy atom. The SMILES string of the molecule is Cc1ccc(NC(=O)CSc2nnc([C@H](C)NC(=O)c3ccccc3F)n2C)cc1. The summed E-state index contributed by atoms with van der Waals surface area (Å²) in [6.45, 7) is 3.72. The van der Waals surface area contributed by atoms with E-state index in [-0.39, 0.29) is 17.2 Å². The molecule has 0 saturated heterocycles. The maximum atomic E-state index is 13.8. The Labute approximate surface area is 178 Å². The van der Waals surface area contributed by atoms with Crippen molar-refractivity contribution in [3.8, 4) is 0 Å². The Bertz CT molecular complexity index is 1050. The summed E-state index contributed by atoms with van der Waals surface area (Å²) in [6, 6.07) is 12.8. The average molecular weight is 428 g/mol. The largest absolute Gasteiger partial charge is 0.342 e. The van der Waals surface area contributed by atoms with Crippen LogP contribution in [-0.2, 0) is 11.8 Å². The molecule has 2 amide bonds. The van der Waals surface area contributed by atoms with Crippen LogP contribution in [0.2, 0.25) is 0 Å². The van der Waals surface area contributed by atoms with Gasteiger partial charge in [-0.2, -0.15) is 0 Å². The number of nitrogens with one attached hydrogen (secondary N) is 2. The number of nitrogens with zero attached hydrogens (tertiary/aromatic N) is 3. The van der Waals surface area contributed by atoms with E-state index < -0.39 is 17.8 Å². The summed E-state index contributed by atoms with van der Waals surface area (Å²) in [5.41, 5.74) is 1.81. The number of thioether (sulfide) groups is 1. The van der Waals surface area contributed by atoms with Crippen molar-refractivity contribution < 1.29 is 14.0 Å². The molecule has 0 saturated carbocycles. The van der Waals surface area contributed by atoms with Crippen molar-refractivity contribution in [2.24, 2.45) is 7.05 Å². The minimum atomic E-state index is -0.587. The topological polar surface area (TPSA) is 88.9 Å². The van der Waals surface area contributed by atoms with Gasteiger partial charge in [0, 0.05) is 12.7 Å². The Kier molecular flexibility index (Phi) is 6.83. The summed E-state index contributed by atoms with van der Waals surface area (Å²) in [6.07, 6.45) is 0. The summed E-state index contributed by atoms with van der Waals surface area (Å²) in [7, 11) is 1.75. The lowest BCUT2D eigenvalue weighted by atomic mass is 10.2. The van der Waals surface area contributed by atoms with Crippen LogP contribution >= 0.6 is 11.8 Å². The maximum Gasteiger partial charge on any atom is 0.254 e. The number of benzene rings is 2. The predicted molar refractivity (Wildman–Crippen MR) is 114 cm³/mol. The molecule has 0 unspecified atom stereocenters. The van der Waals surface area contributed by atoms with E-state index in [1.54, 1.807) is 24.6 Å². The van der Waals surface area contributed by atoms with Crippen molar-refractivity contribution in [1.82, 2.24) is 20.1 Å². The van der Waals surface area contributed by atoms with E-state index in [1.807, 2.05) is 31.2 Å². The first-order valence-electron chi connectivity index (χ1n) is 9.29. The molecular weight excluding hydrogens is 405 g/mol. The number of carbonyl (C=O) groups excluding carboxylic acids is 2. The number of aryl methyl sites for hydroxylation is 1. The van der Waals surface area contributed by atoms with Gasteiger partial charge < -0.3 is 15.2 Å². The monoisotopic (exact) mass is 427 g/mol. The number of carbonyl (C=O) groups is 2. The molecule has 0 bridgehead atoms. The van der Waals surface area contributed by atoms with E-state index in [0.29, 0.717) is 11.0 Å². The zero-order valence-electron chi connectivity index (χ0n) is 16.8. The van der Waals surface area contributed by atoms with Crippen LogP contribution < -0.4 is 10.6 Å². The van der Waals surface area contributed by atoms with E-state index in [9.17, 15) is 14.0 Å². The third kappa shape index (κ3) is 5.24. The summed E-state index contributed by atoms with van der Waals surface area (Å²) in [5, 5.41) is 14.3. The molecule has 0 fully saturated rings. The van der Waals surface area contributed by atoms with E-state index in [1.165, 1.54) is 30.0 Å². The molecule has 0 aliphatic carbocycles. The number of hydrogen-bond donors (Lipinski definition) is 2. The molecule has 0 aliphatic rings. The van der Waals surface area contributed by atoms with Crippen LogP contribution in [0.15, 0.2) is 53.7 Å². The average Bonchev–Trinajstić information content (AvgIpc) is 3.09. The fraction of sp³-hybridized carbons (Fsp3) is 0.238. The summed E-state index contributed by atoms with van der Waals surface area (Å²) in [4.78, 5) is 24.5. The summed E-state index contributed by atoms with van der Waals surface area (Å²) in [5.74, 6) is -0.614. The zero-order valence-corrected chi connectivity index (χ0v) is 17.7. The highest BCUT2D eigenvalue weighted by molar-refractivity contribution is 7.99. The molecule has 7 nitrogen and oxygen atoms in total. The molecule has 0 spiro atoms. The van der Waals surface area contributed by atoms with Crippen molar-refractivity contribution in [1.29, 1.82) is 0 Å². The molecule has 2 N–H and O–H groups in total. The number of halogens is 1. The zero-order chi connectivity index (χ0) is 21.7. The predicted octanol–water partition coefficient (Wildman–Crippen LogP) is 3.48. The summed E-state index contributed by atoms with van der Waals surface area (Å²) >= 11 is 1.24. The first kappa shape index (κ1) is 21.5. The van der Waals surface area contributed by atoms with Gasteiger partial charge in [0.2, 0.25) is 5.91 Å². The lowest BCUT2D eigenvalue weighted by molar-refractivity contribution is -0.113. The van der Waals surface area contributed by atoms with Gasteiger partial charge in [0.25, 0.3) is 5.91 Å². The van der Waals surface area contributed by atoms with Crippen LogP contribution in [-0.4, -0.2) is 32.3 Å². The first-order chi connectivity index (χ1) is 14.3. The lowest BCUT2D eigenvalue weighted by Crippen LogP contribution is -2.29. The fourth-order valence-electron chi connectivity index (χ4n) is 2.78. The van der Waals surface area contributed by atoms with E-state index in [0.717, 1.165) is 11.3 Å². The molecule has 1 heterocycles. The van der Waals surface area contributed by atoms with E-state index in [2.05, 4.69) is 20.8 Å². The molecule has 0 aliphatic heterocycles. The Hall–Kier alpha value is -3.20. The minimum Gasteiger partial charge on any atom is -0.342 e. The second kappa shape index (κ2) is 9.53. The maximum absolute atomic E-state index is 13.8. The van der Waals surface area contributed by atoms with Gasteiger partial charge in [-0.25, -0.2) is 4.39 Å². The standard InChI is InChI=1S/C21H22FN5O2S/c1-13-8-10-15(11-9-13)24-18(28)12-30-21-26-25-19(27(21)3)14(2)23-20(29)16-6-4-5-7-17(16)22/h4-11,14H,12H2,1-3H3,(H,23,29)(H,24,28)/t14-/m0/s1. The van der Waals surface area contributed by atoms with E-state index in [4.69, 9.17) is 0 Å². The van der Waals surface area contributed by atoms with Gasteiger partial charge in [0.1, 0.15) is 5.82 Å². The molecule has 30 heavy (non-hydrogen) atoms. The van der Waals surface area contributed by atoms with Gasteiger partial charge >= 0.3 is 0 Å². The third-order valence-electron chi connectivity index (χ3n) is 4.39. The molecule has 0 radical (unpaired) electrons. The normalized spacial score (nSPS) is 11.7. The Morgan fingerprint density at radius 1 is 1.13 bits per heavy atom. The Balaban J connectivity index is 1.58. The molecule has 1 atom stereocenters. The van der Waals surface area contributed by atoms with Crippen molar-refractivity contribution in [3.05, 3.63) is 71.3 Å². The second-order valence-electron chi connectivity index (χ2n) is 6.78. The molecule has 9 heteroatoms. The van der Waals surface area contributed by atoms with Crippen LogP contribution in [0.1, 0.15) is 34.7 Å². The smallest absolute Gasteiger partial charge is 0.254 e. The molecule has 156 valence electrons. The van der Waals surface area contributed by atoms with Crippen molar-refractivity contribution >= 4 is 29.3 Å². The number of hydrogen-bond acceptors (Lipinski definition) is 5. The van der Waals surface area contributed by atoms with E-state index >= 15 is 0 Å². The number of rotatable bonds is 7. The lowest BCUT2D eigenvalue weighted by Gasteiger charge is -2.14. The van der Waals surface area contributed by atoms with Crippen LogP contribution in [0.4, 0.5) is 10.1 Å². The third-order valence-corrected chi connectivity index (χ3v) is 5.41. The molecule has 3 rings (SSSR count). The first-order valence-corrected chi connectivity index (χ1v) is 10.3. The minimum absolute atomic E-state index is 0.0334. The van der Waals surface area contributed by atoms with Gasteiger partial charge in [-0.3, -0.25) is 9.59 Å². The van der Waals surface area contributed by atoms with Crippen LogP contribution in [0.25, 0.3) is 0 Å². The van der Waals surface area contributed by atoms with Crippen LogP contribution in [0, 0.1) is 12.7 Å².